The van der Waals surface area contributed by atoms with Crippen molar-refractivity contribution in [2.75, 3.05) is 0 Å². The quantitative estimate of drug-likeness (QED) is 0.343. The zero-order valence-corrected chi connectivity index (χ0v) is 15.6. The highest BCUT2D eigenvalue weighted by molar-refractivity contribution is 5.92. The highest BCUT2D eigenvalue weighted by Crippen LogP contribution is 2.42. The first-order valence-electron chi connectivity index (χ1n) is 8.52. The Bertz CT molecular complexity index is 1180. The minimum atomic E-state index is -0.872. The molecule has 0 aliphatic carbocycles. The molecule has 2 aromatic carbocycles. The predicted molar refractivity (Wildman–Crippen MR) is 104 cm³/mol. The summed E-state index contributed by atoms with van der Waals surface area (Å²) in [4.78, 5) is 12.8. The molecule has 1 heterocycles. The number of hydrogen-bond acceptors (Lipinski definition) is 7. The van der Waals surface area contributed by atoms with E-state index in [9.17, 15) is 30.3 Å². The average molecular weight is 384 g/mol. The number of rotatable bonds is 3. The van der Waals surface area contributed by atoms with Gasteiger partial charge in [-0.05, 0) is 45.4 Å². The Labute approximate surface area is 160 Å². The molecule has 0 saturated heterocycles. The molecule has 7 heteroatoms. The zero-order valence-electron chi connectivity index (χ0n) is 15.6. The van der Waals surface area contributed by atoms with E-state index in [2.05, 4.69) is 0 Å². The lowest BCUT2D eigenvalue weighted by atomic mass is 9.99. The Hall–Kier alpha value is -3.61. The number of allylic oxidation sites excluding steroid dienone is 2. The van der Waals surface area contributed by atoms with Crippen molar-refractivity contribution in [1.29, 1.82) is 0 Å². The van der Waals surface area contributed by atoms with Crippen LogP contribution in [0.1, 0.15) is 25.0 Å². The standard InChI is InChI=1S/C21H20O7/c1-9(2)4-6-12-16(24)10(3)20-15(17(12)25)18(26)19(27)21(28-20)11-5-7-13(22)14(23)8-11/h4-5,7-8,22-25,27H,6H2,1-3H3. The van der Waals surface area contributed by atoms with Gasteiger partial charge >= 0.3 is 0 Å². The second-order valence-corrected chi connectivity index (χ2v) is 6.80. The second-order valence-electron chi connectivity index (χ2n) is 6.80. The molecule has 0 radical (unpaired) electrons. The fraction of sp³-hybridized carbons (Fsp3) is 0.190. The monoisotopic (exact) mass is 384 g/mol. The van der Waals surface area contributed by atoms with E-state index in [4.69, 9.17) is 4.42 Å². The first-order valence-corrected chi connectivity index (χ1v) is 8.52. The molecule has 7 nitrogen and oxygen atoms in total. The highest BCUT2D eigenvalue weighted by atomic mass is 16.4. The average Bonchev–Trinajstić information content (AvgIpc) is 2.64. The van der Waals surface area contributed by atoms with Crippen LogP contribution in [-0.4, -0.2) is 25.5 Å². The van der Waals surface area contributed by atoms with Gasteiger partial charge in [0.25, 0.3) is 0 Å². The maximum atomic E-state index is 12.8. The van der Waals surface area contributed by atoms with Crippen LogP contribution in [0.5, 0.6) is 28.7 Å². The van der Waals surface area contributed by atoms with Gasteiger partial charge in [-0.15, -0.1) is 0 Å². The first kappa shape index (κ1) is 19.2. The van der Waals surface area contributed by atoms with Gasteiger partial charge in [-0.3, -0.25) is 4.79 Å². The Morgan fingerprint density at radius 1 is 1.00 bits per heavy atom. The number of hydrogen-bond donors (Lipinski definition) is 5. The van der Waals surface area contributed by atoms with E-state index < -0.39 is 22.7 Å². The Morgan fingerprint density at radius 3 is 2.29 bits per heavy atom. The van der Waals surface area contributed by atoms with E-state index >= 15 is 0 Å². The summed E-state index contributed by atoms with van der Waals surface area (Å²) >= 11 is 0. The van der Waals surface area contributed by atoms with E-state index in [-0.39, 0.29) is 51.3 Å². The summed E-state index contributed by atoms with van der Waals surface area (Å²) in [6, 6.07) is 3.65. The van der Waals surface area contributed by atoms with Crippen molar-refractivity contribution < 1.29 is 29.9 Å². The smallest absolute Gasteiger partial charge is 0.238 e. The molecule has 146 valence electrons. The SMILES string of the molecule is CC(C)=CCc1c(O)c(C)c2oc(-c3ccc(O)c(O)c3)c(O)c(=O)c2c1O. The molecular weight excluding hydrogens is 364 g/mol. The minimum Gasteiger partial charge on any atom is -0.507 e. The van der Waals surface area contributed by atoms with Crippen molar-refractivity contribution in [3.05, 3.63) is 51.2 Å². The van der Waals surface area contributed by atoms with Crippen LogP contribution in [0, 0.1) is 6.92 Å². The maximum Gasteiger partial charge on any atom is 0.238 e. The van der Waals surface area contributed by atoms with E-state index in [1.165, 1.54) is 19.1 Å². The van der Waals surface area contributed by atoms with Crippen LogP contribution in [0.3, 0.4) is 0 Å². The fourth-order valence-corrected chi connectivity index (χ4v) is 2.96. The molecule has 0 aliphatic heterocycles. The van der Waals surface area contributed by atoms with Gasteiger partial charge in [-0.25, -0.2) is 0 Å². The third-order valence-corrected chi connectivity index (χ3v) is 4.54. The Morgan fingerprint density at radius 2 is 1.68 bits per heavy atom. The molecule has 28 heavy (non-hydrogen) atoms. The first-order chi connectivity index (χ1) is 13.1. The molecular formula is C21H20O7. The van der Waals surface area contributed by atoms with Gasteiger partial charge in [0.15, 0.2) is 17.3 Å². The van der Waals surface area contributed by atoms with Crippen LogP contribution >= 0.6 is 0 Å². The van der Waals surface area contributed by atoms with Gasteiger partial charge in [0.1, 0.15) is 22.5 Å². The lowest BCUT2D eigenvalue weighted by Crippen LogP contribution is -2.05. The minimum absolute atomic E-state index is 0.0821. The predicted octanol–water partition coefficient (Wildman–Crippen LogP) is 3.81. The number of aromatic hydroxyl groups is 5. The molecule has 5 N–H and O–H groups in total. The lowest BCUT2D eigenvalue weighted by molar-refractivity contribution is 0.403. The van der Waals surface area contributed by atoms with Crippen LogP contribution < -0.4 is 5.43 Å². The van der Waals surface area contributed by atoms with Crippen molar-refractivity contribution in [1.82, 2.24) is 0 Å². The number of fused-ring (bicyclic) bond motifs is 1. The summed E-state index contributed by atoms with van der Waals surface area (Å²) in [5, 5.41) is 50.3. The number of aryl methyl sites for hydroxylation is 1. The molecule has 0 spiro atoms. The highest BCUT2D eigenvalue weighted by Gasteiger charge is 2.24. The van der Waals surface area contributed by atoms with Gasteiger partial charge in [0, 0.05) is 16.7 Å². The summed E-state index contributed by atoms with van der Waals surface area (Å²) in [5.41, 5.74) is 0.538. The van der Waals surface area contributed by atoms with Crippen LogP contribution in [-0.2, 0) is 6.42 Å². The molecule has 0 amide bonds. The summed E-state index contributed by atoms with van der Waals surface area (Å²) in [6.45, 7) is 5.25. The number of phenols is 4. The molecule has 0 unspecified atom stereocenters. The summed E-state index contributed by atoms with van der Waals surface area (Å²) in [7, 11) is 0. The zero-order chi connectivity index (χ0) is 20.7. The van der Waals surface area contributed by atoms with Crippen LogP contribution in [0.4, 0.5) is 0 Å². The third kappa shape index (κ3) is 3.00. The molecule has 0 atom stereocenters. The van der Waals surface area contributed by atoms with Crippen molar-refractivity contribution in [3.63, 3.8) is 0 Å². The second kappa shape index (κ2) is 6.84. The normalized spacial score (nSPS) is 11.0. The molecule has 1 aromatic heterocycles. The van der Waals surface area contributed by atoms with Gasteiger partial charge in [-0.2, -0.15) is 0 Å². The third-order valence-electron chi connectivity index (χ3n) is 4.54. The summed E-state index contributed by atoms with van der Waals surface area (Å²) in [6.07, 6.45) is 1.99. The number of phenolic OH excluding ortho intramolecular Hbond substituents is 4. The number of benzene rings is 2. The molecule has 0 aliphatic rings. The Kier molecular flexibility index (Phi) is 4.68. The van der Waals surface area contributed by atoms with Gasteiger partial charge in [0.2, 0.25) is 11.2 Å². The van der Waals surface area contributed by atoms with Gasteiger partial charge < -0.3 is 29.9 Å². The van der Waals surface area contributed by atoms with Crippen molar-refractivity contribution in [2.24, 2.45) is 0 Å². The molecule has 0 fully saturated rings. The molecule has 0 bridgehead atoms. The molecule has 3 aromatic rings. The van der Waals surface area contributed by atoms with Crippen LogP contribution in [0.2, 0.25) is 0 Å². The fourth-order valence-electron chi connectivity index (χ4n) is 2.96. The van der Waals surface area contributed by atoms with E-state index in [0.29, 0.717) is 0 Å². The van der Waals surface area contributed by atoms with Gasteiger partial charge in [0.05, 0.1) is 0 Å². The lowest BCUT2D eigenvalue weighted by Gasteiger charge is -2.14. The topological polar surface area (TPSA) is 131 Å². The van der Waals surface area contributed by atoms with Crippen LogP contribution in [0.15, 0.2) is 39.1 Å². The summed E-state index contributed by atoms with van der Waals surface area (Å²) in [5.74, 6) is -2.52. The maximum absolute atomic E-state index is 12.8. The van der Waals surface area contributed by atoms with Crippen molar-refractivity contribution in [3.8, 4) is 40.1 Å². The summed E-state index contributed by atoms with van der Waals surface area (Å²) < 4.78 is 5.65. The van der Waals surface area contributed by atoms with E-state index in [1.807, 2.05) is 13.8 Å². The Balaban J connectivity index is 2.36. The van der Waals surface area contributed by atoms with Crippen molar-refractivity contribution >= 4 is 11.0 Å². The van der Waals surface area contributed by atoms with E-state index in [1.54, 1.807) is 6.08 Å². The van der Waals surface area contributed by atoms with Crippen LogP contribution in [0.25, 0.3) is 22.3 Å². The van der Waals surface area contributed by atoms with Gasteiger partial charge in [-0.1, -0.05) is 11.6 Å². The molecule has 3 rings (SSSR count). The van der Waals surface area contributed by atoms with E-state index in [0.717, 1.165) is 11.6 Å². The van der Waals surface area contributed by atoms with Crippen molar-refractivity contribution in [2.45, 2.75) is 27.2 Å². The largest absolute Gasteiger partial charge is 0.507 e. The molecule has 0 saturated carbocycles.